The van der Waals surface area contributed by atoms with Crippen LogP contribution in [0.2, 0.25) is 5.02 Å². The Kier molecular flexibility index (Phi) is 2.73. The van der Waals surface area contributed by atoms with E-state index in [1.165, 1.54) is 0 Å². The highest BCUT2D eigenvalue weighted by Gasteiger charge is 2.24. The monoisotopic (exact) mass is 229 g/mol. The largest absolute Gasteiger partial charge is 0.453 e. The van der Waals surface area contributed by atoms with E-state index < -0.39 is 6.04 Å². The molecule has 4 nitrogen and oxygen atoms in total. The Bertz CT molecular complexity index is 395. The highest BCUT2D eigenvalue weighted by molar-refractivity contribution is 6.32. The highest BCUT2D eigenvalue weighted by Crippen LogP contribution is 2.44. The first-order valence-corrected chi connectivity index (χ1v) is 4.98. The summed E-state index contributed by atoms with van der Waals surface area (Å²) in [4.78, 5) is 0. The smallest absolute Gasteiger partial charge is 0.231 e. The second-order valence-corrected chi connectivity index (χ2v) is 3.83. The van der Waals surface area contributed by atoms with Gasteiger partial charge in [-0.25, -0.2) is 0 Å². The zero-order valence-corrected chi connectivity index (χ0v) is 9.04. The number of nitrogens with two attached hydrogens (primary N) is 1. The lowest BCUT2D eigenvalue weighted by atomic mass is 10.0. The fourth-order valence-electron chi connectivity index (χ4n) is 1.66. The Morgan fingerprint density at radius 1 is 1.53 bits per heavy atom. The van der Waals surface area contributed by atoms with Gasteiger partial charge in [0.1, 0.15) is 0 Å². The average Bonchev–Trinajstić information content (AvgIpc) is 2.71. The lowest BCUT2D eigenvalue weighted by molar-refractivity contribution is 0.173. The van der Waals surface area contributed by atoms with Crippen LogP contribution in [-0.4, -0.2) is 18.5 Å². The van der Waals surface area contributed by atoms with E-state index in [1.54, 1.807) is 6.07 Å². The van der Waals surface area contributed by atoms with Gasteiger partial charge in [0, 0.05) is 5.56 Å². The molecule has 82 valence electrons. The van der Waals surface area contributed by atoms with Gasteiger partial charge >= 0.3 is 0 Å². The molecule has 1 aliphatic heterocycles. The minimum absolute atomic E-state index is 0.128. The van der Waals surface area contributed by atoms with Crippen molar-refractivity contribution in [1.29, 1.82) is 0 Å². The third-order valence-electron chi connectivity index (χ3n) is 2.48. The van der Waals surface area contributed by atoms with Crippen molar-refractivity contribution in [2.45, 2.75) is 13.0 Å². The van der Waals surface area contributed by atoms with Crippen LogP contribution in [0.3, 0.4) is 0 Å². The van der Waals surface area contributed by atoms with Gasteiger partial charge < -0.3 is 20.3 Å². The van der Waals surface area contributed by atoms with Crippen molar-refractivity contribution in [2.75, 3.05) is 13.4 Å². The summed E-state index contributed by atoms with van der Waals surface area (Å²) in [6.07, 6.45) is 0. The second kappa shape index (κ2) is 3.89. The van der Waals surface area contributed by atoms with Crippen LogP contribution in [-0.2, 0) is 0 Å². The standard InChI is InChI=1S/C10H12ClNO3/c1-5-6(8(12)3-13)2-7(11)10-9(5)14-4-15-10/h2,8,13H,3-4,12H2,1H3. The molecule has 15 heavy (non-hydrogen) atoms. The van der Waals surface area contributed by atoms with E-state index in [4.69, 9.17) is 31.9 Å². The molecule has 0 saturated carbocycles. The van der Waals surface area contributed by atoms with E-state index in [0.29, 0.717) is 16.5 Å². The summed E-state index contributed by atoms with van der Waals surface area (Å²) in [5.41, 5.74) is 7.41. The SMILES string of the molecule is Cc1c(C(N)CO)cc(Cl)c2c1OCO2. The van der Waals surface area contributed by atoms with E-state index in [2.05, 4.69) is 0 Å². The van der Waals surface area contributed by atoms with Crippen LogP contribution < -0.4 is 15.2 Å². The fourth-order valence-corrected chi connectivity index (χ4v) is 1.92. The molecule has 0 spiro atoms. The van der Waals surface area contributed by atoms with Gasteiger partial charge in [0.2, 0.25) is 6.79 Å². The van der Waals surface area contributed by atoms with Crippen LogP contribution in [0.15, 0.2) is 6.07 Å². The summed E-state index contributed by atoms with van der Waals surface area (Å²) >= 11 is 6.01. The average molecular weight is 230 g/mol. The zero-order chi connectivity index (χ0) is 11.0. The molecule has 1 aromatic rings. The maximum atomic E-state index is 9.01. The number of aliphatic hydroxyl groups excluding tert-OH is 1. The van der Waals surface area contributed by atoms with Gasteiger partial charge in [-0.15, -0.1) is 0 Å². The molecule has 0 saturated heterocycles. The second-order valence-electron chi connectivity index (χ2n) is 3.43. The predicted octanol–water partition coefficient (Wildman–Crippen LogP) is 1.37. The number of halogens is 1. The van der Waals surface area contributed by atoms with Crippen molar-refractivity contribution < 1.29 is 14.6 Å². The Morgan fingerprint density at radius 2 is 2.20 bits per heavy atom. The van der Waals surface area contributed by atoms with Gasteiger partial charge in [0.25, 0.3) is 0 Å². The molecule has 0 fully saturated rings. The Balaban J connectivity index is 2.54. The minimum atomic E-state index is -0.447. The molecule has 5 heteroatoms. The molecule has 0 bridgehead atoms. The molecule has 2 rings (SSSR count). The van der Waals surface area contributed by atoms with Crippen LogP contribution in [0, 0.1) is 6.92 Å². The summed E-state index contributed by atoms with van der Waals surface area (Å²) < 4.78 is 10.5. The Morgan fingerprint density at radius 3 is 2.87 bits per heavy atom. The lowest BCUT2D eigenvalue weighted by Gasteiger charge is -2.14. The summed E-state index contributed by atoms with van der Waals surface area (Å²) in [5, 5.41) is 9.48. The van der Waals surface area contributed by atoms with Gasteiger partial charge in [-0.2, -0.15) is 0 Å². The van der Waals surface area contributed by atoms with E-state index in [1.807, 2.05) is 6.92 Å². The van der Waals surface area contributed by atoms with Gasteiger partial charge in [0.15, 0.2) is 11.5 Å². The van der Waals surface area contributed by atoms with E-state index in [0.717, 1.165) is 11.1 Å². The lowest BCUT2D eigenvalue weighted by Crippen LogP contribution is -2.15. The van der Waals surface area contributed by atoms with Crippen LogP contribution in [0.1, 0.15) is 17.2 Å². The first kappa shape index (κ1) is 10.5. The van der Waals surface area contributed by atoms with Crippen molar-refractivity contribution >= 4 is 11.6 Å². The van der Waals surface area contributed by atoms with E-state index in [9.17, 15) is 0 Å². The maximum Gasteiger partial charge on any atom is 0.231 e. The fraction of sp³-hybridized carbons (Fsp3) is 0.400. The number of ether oxygens (including phenoxy) is 2. The molecule has 0 aliphatic carbocycles. The number of rotatable bonds is 2. The van der Waals surface area contributed by atoms with Crippen LogP contribution >= 0.6 is 11.6 Å². The quantitative estimate of drug-likeness (QED) is 0.804. The summed E-state index contributed by atoms with van der Waals surface area (Å²) in [6.45, 7) is 1.92. The molecule has 1 heterocycles. The van der Waals surface area contributed by atoms with Gasteiger partial charge in [-0.3, -0.25) is 0 Å². The summed E-state index contributed by atoms with van der Waals surface area (Å²) in [5.74, 6) is 1.18. The predicted molar refractivity (Wildman–Crippen MR) is 56.3 cm³/mol. The number of hydrogen-bond donors (Lipinski definition) is 2. The summed E-state index contributed by atoms with van der Waals surface area (Å²) in [6, 6.07) is 1.27. The van der Waals surface area contributed by atoms with Gasteiger partial charge in [0.05, 0.1) is 17.7 Å². The maximum absolute atomic E-state index is 9.01. The van der Waals surface area contributed by atoms with E-state index >= 15 is 0 Å². The minimum Gasteiger partial charge on any atom is -0.453 e. The number of fused-ring (bicyclic) bond motifs is 1. The number of aliphatic hydroxyl groups is 1. The molecule has 1 unspecified atom stereocenters. The van der Waals surface area contributed by atoms with E-state index in [-0.39, 0.29) is 13.4 Å². The van der Waals surface area contributed by atoms with Crippen molar-refractivity contribution in [1.82, 2.24) is 0 Å². The number of hydrogen-bond acceptors (Lipinski definition) is 4. The Hall–Kier alpha value is -0.970. The molecule has 0 amide bonds. The third-order valence-corrected chi connectivity index (χ3v) is 2.76. The van der Waals surface area contributed by atoms with Gasteiger partial charge in [-0.1, -0.05) is 11.6 Å². The molecular formula is C10H12ClNO3. The molecule has 1 aliphatic rings. The first-order valence-electron chi connectivity index (χ1n) is 4.60. The molecule has 3 N–H and O–H groups in total. The van der Waals surface area contributed by atoms with Crippen molar-refractivity contribution in [3.63, 3.8) is 0 Å². The molecule has 0 aromatic heterocycles. The van der Waals surface area contributed by atoms with Crippen molar-refractivity contribution in [2.24, 2.45) is 5.73 Å². The van der Waals surface area contributed by atoms with Gasteiger partial charge in [-0.05, 0) is 18.6 Å². The van der Waals surface area contributed by atoms with Crippen molar-refractivity contribution in [3.8, 4) is 11.5 Å². The molecular weight excluding hydrogens is 218 g/mol. The number of benzene rings is 1. The molecule has 1 aromatic carbocycles. The van der Waals surface area contributed by atoms with Crippen LogP contribution in [0.5, 0.6) is 11.5 Å². The Labute approximate surface area is 92.5 Å². The topological polar surface area (TPSA) is 64.7 Å². The summed E-state index contributed by atoms with van der Waals surface area (Å²) in [7, 11) is 0. The molecule has 1 atom stereocenters. The zero-order valence-electron chi connectivity index (χ0n) is 8.29. The molecule has 0 radical (unpaired) electrons. The van der Waals surface area contributed by atoms with Crippen LogP contribution in [0.4, 0.5) is 0 Å². The van der Waals surface area contributed by atoms with Crippen LogP contribution in [0.25, 0.3) is 0 Å². The highest BCUT2D eigenvalue weighted by atomic mass is 35.5. The van der Waals surface area contributed by atoms with Crippen molar-refractivity contribution in [3.05, 3.63) is 22.2 Å². The first-order chi connectivity index (χ1) is 7.15. The third kappa shape index (κ3) is 1.65. The normalized spacial score (nSPS) is 15.5.